The van der Waals surface area contributed by atoms with Gasteiger partial charge in [-0.2, -0.15) is 4.37 Å². The van der Waals surface area contributed by atoms with Crippen LogP contribution in [0.2, 0.25) is 0 Å². The summed E-state index contributed by atoms with van der Waals surface area (Å²) in [4.78, 5) is 11.8. The molecule has 2 atom stereocenters. The molecule has 0 spiro atoms. The Labute approximate surface area is 104 Å². The number of fused-ring (bicyclic) bond motifs is 1. The van der Waals surface area contributed by atoms with E-state index in [-0.39, 0.29) is 11.8 Å². The lowest BCUT2D eigenvalue weighted by Crippen LogP contribution is -2.14. The molecule has 3 rings (SSSR count). The van der Waals surface area contributed by atoms with Crippen LogP contribution in [0.1, 0.15) is 19.0 Å². The molecule has 0 saturated heterocycles. The number of benzene rings is 1. The number of hydrogen-bond donors (Lipinski definition) is 1. The molecular formula is C13H14N2OS. The molecule has 88 valence electrons. The van der Waals surface area contributed by atoms with Gasteiger partial charge in [0.25, 0.3) is 0 Å². The summed E-state index contributed by atoms with van der Waals surface area (Å²) in [5.41, 5.74) is 1.93. The molecule has 1 aromatic carbocycles. The Morgan fingerprint density at radius 3 is 3.00 bits per heavy atom. The van der Waals surface area contributed by atoms with Crippen LogP contribution in [-0.4, -0.2) is 10.3 Å². The van der Waals surface area contributed by atoms with Gasteiger partial charge in [0.2, 0.25) is 5.91 Å². The monoisotopic (exact) mass is 246 g/mol. The zero-order valence-electron chi connectivity index (χ0n) is 9.86. The van der Waals surface area contributed by atoms with Crippen molar-refractivity contribution in [3.63, 3.8) is 0 Å². The minimum absolute atomic E-state index is 0.151. The number of hydrogen-bond acceptors (Lipinski definition) is 3. The van der Waals surface area contributed by atoms with E-state index in [0.29, 0.717) is 5.92 Å². The molecule has 1 aliphatic rings. The van der Waals surface area contributed by atoms with Crippen molar-refractivity contribution in [2.75, 3.05) is 5.32 Å². The lowest BCUT2D eigenvalue weighted by molar-refractivity contribution is -0.117. The van der Waals surface area contributed by atoms with Gasteiger partial charge in [0.15, 0.2) is 0 Å². The first-order chi connectivity index (χ1) is 8.15. The second kappa shape index (κ2) is 3.81. The van der Waals surface area contributed by atoms with Gasteiger partial charge < -0.3 is 5.32 Å². The van der Waals surface area contributed by atoms with Gasteiger partial charge in [-0.15, -0.1) is 0 Å². The fourth-order valence-electron chi connectivity index (χ4n) is 2.06. The predicted molar refractivity (Wildman–Crippen MR) is 70.3 cm³/mol. The Bertz CT molecular complexity index is 590. The lowest BCUT2D eigenvalue weighted by Gasteiger charge is -2.04. The van der Waals surface area contributed by atoms with Gasteiger partial charge in [0.05, 0.1) is 10.4 Å². The maximum absolute atomic E-state index is 11.8. The highest BCUT2D eigenvalue weighted by molar-refractivity contribution is 7.13. The van der Waals surface area contributed by atoms with Crippen LogP contribution in [0.25, 0.3) is 10.1 Å². The van der Waals surface area contributed by atoms with E-state index in [4.69, 9.17) is 0 Å². The molecule has 1 aromatic heterocycles. The summed E-state index contributed by atoms with van der Waals surface area (Å²) >= 11 is 1.48. The number of rotatable bonds is 2. The van der Waals surface area contributed by atoms with Gasteiger partial charge in [-0.05, 0) is 49.0 Å². The number of nitrogens with zero attached hydrogens (tertiary/aromatic N) is 1. The molecule has 0 aliphatic heterocycles. The Morgan fingerprint density at radius 2 is 2.29 bits per heavy atom. The standard InChI is InChI=1S/C13H14N2OS/c1-7-5-11(7)13(16)14-9-3-4-10-8(2)15-17-12(10)6-9/h3-4,6-7,11H,5H2,1-2H3,(H,14,16)/t7-,11-/m1/s1. The molecule has 1 N–H and O–H groups in total. The van der Waals surface area contributed by atoms with Crippen LogP contribution >= 0.6 is 11.5 Å². The fourth-order valence-corrected chi connectivity index (χ4v) is 2.89. The van der Waals surface area contributed by atoms with E-state index < -0.39 is 0 Å². The normalized spacial score (nSPS) is 22.7. The summed E-state index contributed by atoms with van der Waals surface area (Å²) < 4.78 is 5.43. The van der Waals surface area contributed by atoms with Crippen LogP contribution in [-0.2, 0) is 4.79 Å². The molecule has 1 fully saturated rings. The SMILES string of the molecule is Cc1nsc2cc(NC(=O)[C@@H]3C[C@H]3C)ccc12. The minimum Gasteiger partial charge on any atom is -0.326 e. The van der Waals surface area contributed by atoms with Crippen molar-refractivity contribution in [1.29, 1.82) is 0 Å². The van der Waals surface area contributed by atoms with E-state index in [1.54, 1.807) is 0 Å². The summed E-state index contributed by atoms with van der Waals surface area (Å²) in [5, 5.41) is 4.15. The number of carbonyl (C=O) groups is 1. The third-order valence-corrected chi connectivity index (χ3v) is 4.27. The van der Waals surface area contributed by atoms with Crippen molar-refractivity contribution in [3.8, 4) is 0 Å². The average Bonchev–Trinajstić information content (AvgIpc) is 2.93. The van der Waals surface area contributed by atoms with E-state index >= 15 is 0 Å². The van der Waals surface area contributed by atoms with Crippen LogP contribution in [0.3, 0.4) is 0 Å². The van der Waals surface area contributed by atoms with Gasteiger partial charge >= 0.3 is 0 Å². The van der Waals surface area contributed by atoms with Crippen molar-refractivity contribution in [1.82, 2.24) is 4.37 Å². The molecule has 1 aliphatic carbocycles. The smallest absolute Gasteiger partial charge is 0.227 e. The second-order valence-corrected chi connectivity index (χ2v) is 5.59. The average molecular weight is 246 g/mol. The summed E-state index contributed by atoms with van der Waals surface area (Å²) in [6.07, 6.45) is 1.02. The summed E-state index contributed by atoms with van der Waals surface area (Å²) in [5.74, 6) is 0.913. The second-order valence-electron chi connectivity index (χ2n) is 4.79. The first-order valence-corrected chi connectivity index (χ1v) is 6.59. The fraction of sp³-hybridized carbons (Fsp3) is 0.385. The summed E-state index contributed by atoms with van der Waals surface area (Å²) in [7, 11) is 0. The van der Waals surface area contributed by atoms with Crippen molar-refractivity contribution >= 4 is 33.2 Å². The number of aromatic nitrogens is 1. The van der Waals surface area contributed by atoms with Crippen LogP contribution in [0.15, 0.2) is 18.2 Å². The highest BCUT2D eigenvalue weighted by atomic mass is 32.1. The van der Waals surface area contributed by atoms with E-state index in [9.17, 15) is 4.79 Å². The number of nitrogens with one attached hydrogen (secondary N) is 1. The van der Waals surface area contributed by atoms with E-state index in [1.807, 2.05) is 25.1 Å². The molecule has 17 heavy (non-hydrogen) atoms. The molecular weight excluding hydrogens is 232 g/mol. The van der Waals surface area contributed by atoms with Crippen LogP contribution in [0.4, 0.5) is 5.69 Å². The van der Waals surface area contributed by atoms with Crippen molar-refractivity contribution in [2.24, 2.45) is 11.8 Å². The number of amides is 1. The van der Waals surface area contributed by atoms with Crippen molar-refractivity contribution in [3.05, 3.63) is 23.9 Å². The molecule has 4 heteroatoms. The largest absolute Gasteiger partial charge is 0.326 e. The molecule has 1 heterocycles. The third kappa shape index (κ3) is 1.93. The Hall–Kier alpha value is -1.42. The molecule has 1 saturated carbocycles. The van der Waals surface area contributed by atoms with E-state index in [2.05, 4.69) is 16.6 Å². The predicted octanol–water partition coefficient (Wildman–Crippen LogP) is 3.20. The highest BCUT2D eigenvalue weighted by Gasteiger charge is 2.39. The number of carbonyl (C=O) groups excluding carboxylic acids is 1. The van der Waals surface area contributed by atoms with E-state index in [0.717, 1.165) is 22.5 Å². The molecule has 0 bridgehead atoms. The van der Waals surface area contributed by atoms with Gasteiger partial charge in [-0.3, -0.25) is 4.79 Å². The van der Waals surface area contributed by atoms with Crippen LogP contribution in [0, 0.1) is 18.8 Å². The zero-order valence-corrected chi connectivity index (χ0v) is 10.7. The minimum atomic E-state index is 0.151. The molecule has 0 unspecified atom stereocenters. The quantitative estimate of drug-likeness (QED) is 0.884. The topological polar surface area (TPSA) is 42.0 Å². The van der Waals surface area contributed by atoms with Gasteiger partial charge in [0, 0.05) is 17.0 Å². The number of aryl methyl sites for hydroxylation is 1. The maximum atomic E-state index is 11.8. The first-order valence-electron chi connectivity index (χ1n) is 5.82. The summed E-state index contributed by atoms with van der Waals surface area (Å²) in [6.45, 7) is 4.11. The lowest BCUT2D eigenvalue weighted by atomic mass is 10.2. The highest BCUT2D eigenvalue weighted by Crippen LogP contribution is 2.38. The number of anilines is 1. The molecule has 0 radical (unpaired) electrons. The zero-order chi connectivity index (χ0) is 12.0. The Balaban J connectivity index is 1.83. The Kier molecular flexibility index (Phi) is 2.40. The van der Waals surface area contributed by atoms with E-state index in [1.165, 1.54) is 16.9 Å². The molecule has 3 nitrogen and oxygen atoms in total. The van der Waals surface area contributed by atoms with Gasteiger partial charge in [0.1, 0.15) is 0 Å². The third-order valence-electron chi connectivity index (χ3n) is 3.37. The van der Waals surface area contributed by atoms with Gasteiger partial charge in [-0.25, -0.2) is 0 Å². The molecule has 1 amide bonds. The Morgan fingerprint density at radius 1 is 1.53 bits per heavy atom. The van der Waals surface area contributed by atoms with Crippen LogP contribution in [0.5, 0.6) is 0 Å². The first kappa shape index (κ1) is 10.7. The van der Waals surface area contributed by atoms with Crippen LogP contribution < -0.4 is 5.32 Å². The van der Waals surface area contributed by atoms with Gasteiger partial charge in [-0.1, -0.05) is 6.92 Å². The summed E-state index contributed by atoms with van der Waals surface area (Å²) in [6, 6.07) is 5.99. The maximum Gasteiger partial charge on any atom is 0.227 e. The molecule has 2 aromatic rings. The van der Waals surface area contributed by atoms with Crippen molar-refractivity contribution in [2.45, 2.75) is 20.3 Å². The van der Waals surface area contributed by atoms with Crippen molar-refractivity contribution < 1.29 is 4.79 Å².